The van der Waals surface area contributed by atoms with Gasteiger partial charge >= 0.3 is 5.69 Å². The Morgan fingerprint density at radius 1 is 1.20 bits per heavy atom. The lowest BCUT2D eigenvalue weighted by Gasteiger charge is -2.16. The summed E-state index contributed by atoms with van der Waals surface area (Å²) in [7, 11) is 1.90. The molecule has 13 heteroatoms. The van der Waals surface area contributed by atoms with Crippen LogP contribution in [0.1, 0.15) is 22.5 Å². The van der Waals surface area contributed by atoms with Crippen LogP contribution >= 0.6 is 11.6 Å². The van der Waals surface area contributed by atoms with Crippen molar-refractivity contribution in [2.45, 2.75) is 12.5 Å². The number of aromatic hydroxyl groups is 1. The van der Waals surface area contributed by atoms with Gasteiger partial charge in [-0.3, -0.25) is 9.78 Å². The molecule has 0 aliphatic carbocycles. The van der Waals surface area contributed by atoms with Gasteiger partial charge in [-0.05, 0) is 55.9 Å². The molecule has 0 bridgehead atoms. The highest BCUT2D eigenvalue weighted by Gasteiger charge is 2.25. The molecule has 5 aromatic rings. The van der Waals surface area contributed by atoms with Gasteiger partial charge < -0.3 is 25.6 Å². The first-order valence-corrected chi connectivity index (χ1v) is 13.3. The summed E-state index contributed by atoms with van der Waals surface area (Å²) in [4.78, 5) is 41.0. The molecule has 6 rings (SSSR count). The average Bonchev–Trinajstić information content (AvgIpc) is 3.67. The third kappa shape index (κ3) is 5.55. The van der Waals surface area contributed by atoms with Gasteiger partial charge in [-0.25, -0.2) is 14.8 Å². The monoisotopic (exact) mass is 571 g/mol. The summed E-state index contributed by atoms with van der Waals surface area (Å²) in [5, 5.41) is 22.1. The summed E-state index contributed by atoms with van der Waals surface area (Å²) in [5.41, 5.74) is 2.33. The Balaban J connectivity index is 1.45. The molecule has 1 aliphatic heterocycles. The maximum absolute atomic E-state index is 13.2. The number of aromatic nitrogens is 5. The van der Waals surface area contributed by atoms with Crippen molar-refractivity contribution >= 4 is 46.4 Å². The van der Waals surface area contributed by atoms with E-state index >= 15 is 0 Å². The number of halogens is 1. The lowest BCUT2D eigenvalue weighted by Crippen LogP contribution is -2.33. The molecule has 5 N–H and O–H groups in total. The molecule has 2 aromatic carbocycles. The summed E-state index contributed by atoms with van der Waals surface area (Å²) in [5.74, 6) is 0.120. The maximum atomic E-state index is 13.2. The number of likely N-dealkylation sites (N-methyl/N-ethyl adjacent to an activating group) is 1. The third-order valence-electron chi connectivity index (χ3n) is 6.83. The molecule has 12 nitrogen and oxygen atoms in total. The molecule has 0 spiro atoms. The normalized spacial score (nSPS) is 16.1. The van der Waals surface area contributed by atoms with Crippen LogP contribution in [0.3, 0.4) is 0 Å². The minimum Gasteiger partial charge on any atom is -0.493 e. The van der Waals surface area contributed by atoms with Gasteiger partial charge in [0.2, 0.25) is 5.88 Å². The first-order valence-electron chi connectivity index (χ1n) is 12.9. The van der Waals surface area contributed by atoms with E-state index in [0.29, 0.717) is 57.6 Å². The molecule has 0 radical (unpaired) electrons. The van der Waals surface area contributed by atoms with Crippen molar-refractivity contribution in [2.75, 3.05) is 25.5 Å². The standard InChI is InChI=1S/C28H26ClN9O3/c1-30-21-8-9-37(15-21)27(40)16-4-2-6-19(10-16)33-24-13-23(32-20-7-3-5-18(29)12-20)35-25-17(14-31-38(24)25)11-22-26(39)36-28(41)34-22/h2-7,10-14,21,30,32,39H,8-9,15H2,1H3,(H2,34,36,41). The molecule has 208 valence electrons. The quantitative estimate of drug-likeness (QED) is 0.209. The molecule has 1 saturated heterocycles. The Morgan fingerprint density at radius 2 is 2.05 bits per heavy atom. The molecule has 4 heterocycles. The molecule has 3 aromatic heterocycles. The average molecular weight is 572 g/mol. The molecular formula is C28H26ClN9O3. The number of fused-ring (bicyclic) bond motifs is 1. The molecule has 1 atom stereocenters. The zero-order valence-corrected chi connectivity index (χ0v) is 22.7. The number of H-pyrrole nitrogens is 2. The molecule has 41 heavy (non-hydrogen) atoms. The number of carbonyl (C=O) groups is 1. The van der Waals surface area contributed by atoms with Crippen LogP contribution in [0.15, 0.2) is 70.6 Å². The third-order valence-corrected chi connectivity index (χ3v) is 7.07. The Bertz CT molecular complexity index is 1950. The predicted octanol–water partition coefficient (Wildman–Crippen LogP) is 2.06. The van der Waals surface area contributed by atoms with Crippen molar-refractivity contribution < 1.29 is 9.90 Å². The van der Waals surface area contributed by atoms with Crippen LogP contribution in [0.5, 0.6) is 5.88 Å². The van der Waals surface area contributed by atoms with E-state index in [2.05, 4.69) is 25.7 Å². The SMILES string of the molecule is CNC1CCN(C(=O)c2cccc(N=c3cc(Nc4cccc(Cl)c4)nc4c(=Cc5[nH]c(=O)[nH]c5O)cnn34)c2)C1. The van der Waals surface area contributed by atoms with Crippen LogP contribution in [0, 0.1) is 0 Å². The van der Waals surface area contributed by atoms with Gasteiger partial charge in [0.1, 0.15) is 11.5 Å². The number of likely N-dealkylation sites (tertiary alicyclic amines) is 1. The second-order valence-electron chi connectivity index (χ2n) is 9.64. The van der Waals surface area contributed by atoms with Crippen molar-refractivity contribution in [3.05, 3.63) is 98.3 Å². The van der Waals surface area contributed by atoms with E-state index in [1.54, 1.807) is 53.2 Å². The van der Waals surface area contributed by atoms with E-state index in [1.807, 2.05) is 30.1 Å². The van der Waals surface area contributed by atoms with Crippen LogP contribution in [0.4, 0.5) is 17.2 Å². The Kier molecular flexibility index (Phi) is 7.00. The summed E-state index contributed by atoms with van der Waals surface area (Å²) in [6.45, 7) is 1.36. The van der Waals surface area contributed by atoms with Crippen LogP contribution in [-0.2, 0) is 0 Å². The number of hydrogen-bond donors (Lipinski definition) is 5. The smallest absolute Gasteiger partial charge is 0.326 e. The number of nitrogens with one attached hydrogen (secondary N) is 4. The van der Waals surface area contributed by atoms with E-state index in [0.717, 1.165) is 12.1 Å². The largest absolute Gasteiger partial charge is 0.493 e. The van der Waals surface area contributed by atoms with Crippen molar-refractivity contribution in [3.63, 3.8) is 0 Å². The fourth-order valence-corrected chi connectivity index (χ4v) is 4.97. The number of aromatic amines is 2. The van der Waals surface area contributed by atoms with Gasteiger partial charge in [0.25, 0.3) is 5.91 Å². The molecule has 1 fully saturated rings. The highest BCUT2D eigenvalue weighted by atomic mass is 35.5. The van der Waals surface area contributed by atoms with E-state index in [-0.39, 0.29) is 17.5 Å². The fourth-order valence-electron chi connectivity index (χ4n) is 4.77. The van der Waals surface area contributed by atoms with Gasteiger partial charge in [-0.15, -0.1) is 0 Å². The van der Waals surface area contributed by atoms with Crippen LogP contribution in [-0.4, -0.2) is 66.7 Å². The molecule has 1 unspecified atom stereocenters. The van der Waals surface area contributed by atoms with Crippen molar-refractivity contribution in [1.29, 1.82) is 0 Å². The topological polar surface area (TPSA) is 156 Å². The second kappa shape index (κ2) is 10.9. The first-order chi connectivity index (χ1) is 19.9. The highest BCUT2D eigenvalue weighted by molar-refractivity contribution is 6.30. The lowest BCUT2D eigenvalue weighted by molar-refractivity contribution is 0.0789. The van der Waals surface area contributed by atoms with Crippen molar-refractivity contribution in [3.8, 4) is 5.88 Å². The van der Waals surface area contributed by atoms with E-state index in [1.165, 1.54) is 0 Å². The minimum absolute atomic E-state index is 0.0423. The van der Waals surface area contributed by atoms with Gasteiger partial charge in [0.05, 0.1) is 11.9 Å². The number of nitrogens with zero attached hydrogens (tertiary/aromatic N) is 5. The minimum atomic E-state index is -0.540. The first kappa shape index (κ1) is 26.3. The molecule has 1 aliphatic rings. The highest BCUT2D eigenvalue weighted by Crippen LogP contribution is 2.20. The number of anilines is 2. The van der Waals surface area contributed by atoms with Crippen LogP contribution in [0.25, 0.3) is 11.7 Å². The lowest BCUT2D eigenvalue weighted by atomic mass is 10.2. The van der Waals surface area contributed by atoms with E-state index in [9.17, 15) is 14.7 Å². The predicted molar refractivity (Wildman–Crippen MR) is 155 cm³/mol. The number of imidazole rings is 1. The maximum Gasteiger partial charge on any atom is 0.326 e. The number of carbonyl (C=O) groups excluding carboxylic acids is 1. The van der Waals surface area contributed by atoms with Crippen LogP contribution in [0.2, 0.25) is 5.02 Å². The summed E-state index contributed by atoms with van der Waals surface area (Å²) in [6, 6.07) is 16.4. The number of hydrogen-bond acceptors (Lipinski definition) is 8. The van der Waals surface area contributed by atoms with Crippen LogP contribution < -0.4 is 27.0 Å². The Morgan fingerprint density at radius 3 is 2.80 bits per heavy atom. The van der Waals surface area contributed by atoms with E-state index in [4.69, 9.17) is 21.6 Å². The van der Waals surface area contributed by atoms with Gasteiger partial charge in [0, 0.05) is 46.7 Å². The Hall–Kier alpha value is -4.94. The number of rotatable bonds is 6. The van der Waals surface area contributed by atoms with Gasteiger partial charge in [-0.1, -0.05) is 23.7 Å². The summed E-state index contributed by atoms with van der Waals surface area (Å²) >= 11 is 6.18. The summed E-state index contributed by atoms with van der Waals surface area (Å²) < 4.78 is 1.54. The summed E-state index contributed by atoms with van der Waals surface area (Å²) in [6.07, 6.45) is 4.03. The molecular weight excluding hydrogens is 546 g/mol. The Labute approximate surface area is 238 Å². The zero-order valence-electron chi connectivity index (χ0n) is 21.9. The second-order valence-corrected chi connectivity index (χ2v) is 10.1. The number of benzene rings is 2. The van der Waals surface area contributed by atoms with Crippen molar-refractivity contribution in [2.24, 2.45) is 4.99 Å². The van der Waals surface area contributed by atoms with Gasteiger partial charge in [0.15, 0.2) is 11.1 Å². The molecule has 1 amide bonds. The van der Waals surface area contributed by atoms with Gasteiger partial charge in [-0.2, -0.15) is 9.61 Å². The molecule has 0 saturated carbocycles. The number of amides is 1. The zero-order chi connectivity index (χ0) is 28.5. The van der Waals surface area contributed by atoms with Crippen molar-refractivity contribution in [1.82, 2.24) is 34.8 Å². The van der Waals surface area contributed by atoms with E-state index < -0.39 is 5.69 Å². The fraction of sp³-hybridized carbons (Fsp3) is 0.179.